The number of allylic oxidation sites excluding steroid dienone is 1. The molecule has 0 unspecified atom stereocenters. The lowest BCUT2D eigenvalue weighted by molar-refractivity contribution is -0.333. The molecule has 2 aromatic carbocycles. The van der Waals surface area contributed by atoms with Crippen molar-refractivity contribution in [3.05, 3.63) is 59.7 Å². The van der Waals surface area contributed by atoms with Crippen molar-refractivity contribution in [2.24, 2.45) is 17.8 Å². The maximum atomic E-state index is 10.3. The fourth-order valence-electron chi connectivity index (χ4n) is 6.12. The normalized spacial score (nSPS) is 28.4. The van der Waals surface area contributed by atoms with Crippen molar-refractivity contribution >= 4 is 11.3 Å². The van der Waals surface area contributed by atoms with E-state index in [-0.39, 0.29) is 24.7 Å². The van der Waals surface area contributed by atoms with Gasteiger partial charge in [0.05, 0.1) is 5.92 Å². The van der Waals surface area contributed by atoms with Gasteiger partial charge in [0.1, 0.15) is 0 Å². The highest BCUT2D eigenvalue weighted by atomic mass is 16.5. The van der Waals surface area contributed by atoms with E-state index in [1.54, 1.807) is 0 Å². The van der Waals surface area contributed by atoms with Crippen LogP contribution >= 0.6 is 0 Å². The standard InChI is InChI=1S/C29H39NO4/c1-17(2)26-13-24(14-27(30)18(26)3)22-9-5-20(6-10-22)21-7-11-23(12-8-21)25-15-28(31,32)19(4)29(33,34)16-25/h5-6,9-10,13-14,19,21,23,25,31-34H,1,7-8,11-12,15-16,30H2,2-4H3. The number of aliphatic hydroxyl groups is 4. The van der Waals surface area contributed by atoms with Crippen LogP contribution in [0, 0.1) is 24.7 Å². The second-order valence-corrected chi connectivity index (χ2v) is 10.9. The predicted molar refractivity (Wildman–Crippen MR) is 137 cm³/mol. The van der Waals surface area contributed by atoms with Crippen molar-refractivity contribution in [1.29, 1.82) is 0 Å². The van der Waals surface area contributed by atoms with E-state index in [2.05, 4.69) is 36.9 Å². The van der Waals surface area contributed by atoms with Gasteiger partial charge in [0.2, 0.25) is 0 Å². The summed E-state index contributed by atoms with van der Waals surface area (Å²) in [6.45, 7) is 9.60. The average molecular weight is 466 g/mol. The van der Waals surface area contributed by atoms with E-state index in [0.717, 1.165) is 59.2 Å². The molecule has 0 radical (unpaired) electrons. The highest BCUT2D eigenvalue weighted by Gasteiger charge is 2.53. The zero-order valence-electron chi connectivity index (χ0n) is 20.6. The first-order valence-corrected chi connectivity index (χ1v) is 12.4. The number of nitrogen functional groups attached to an aromatic ring is 1. The monoisotopic (exact) mass is 465 g/mol. The van der Waals surface area contributed by atoms with Gasteiger partial charge >= 0.3 is 0 Å². The zero-order chi connectivity index (χ0) is 24.8. The number of rotatable bonds is 4. The van der Waals surface area contributed by atoms with Gasteiger partial charge in [-0.2, -0.15) is 0 Å². The summed E-state index contributed by atoms with van der Waals surface area (Å²) in [6, 6.07) is 12.9. The predicted octanol–water partition coefficient (Wildman–Crippen LogP) is 4.96. The molecule has 0 amide bonds. The van der Waals surface area contributed by atoms with Crippen LogP contribution in [-0.4, -0.2) is 32.0 Å². The Kier molecular flexibility index (Phi) is 6.69. The molecule has 34 heavy (non-hydrogen) atoms. The number of benzene rings is 2. The Morgan fingerprint density at radius 2 is 1.44 bits per heavy atom. The molecule has 2 aliphatic carbocycles. The molecule has 6 N–H and O–H groups in total. The molecule has 2 aliphatic rings. The second kappa shape index (κ2) is 9.12. The number of hydrogen-bond donors (Lipinski definition) is 5. The minimum absolute atomic E-state index is 0.0981. The summed E-state index contributed by atoms with van der Waals surface area (Å²) < 4.78 is 0. The van der Waals surface area contributed by atoms with Crippen LogP contribution in [0.25, 0.3) is 16.7 Å². The lowest BCUT2D eigenvalue weighted by Crippen LogP contribution is -2.57. The van der Waals surface area contributed by atoms with Crippen LogP contribution in [0.15, 0.2) is 43.0 Å². The van der Waals surface area contributed by atoms with Crippen LogP contribution in [0.3, 0.4) is 0 Å². The van der Waals surface area contributed by atoms with Crippen LogP contribution in [0.2, 0.25) is 0 Å². The van der Waals surface area contributed by atoms with E-state index < -0.39 is 17.5 Å². The maximum Gasteiger partial charge on any atom is 0.170 e. The van der Waals surface area contributed by atoms with E-state index in [1.807, 2.05) is 19.9 Å². The highest BCUT2D eigenvalue weighted by Crippen LogP contribution is 2.48. The summed E-state index contributed by atoms with van der Waals surface area (Å²) in [5.74, 6) is -4.43. The maximum absolute atomic E-state index is 10.3. The fourth-order valence-corrected chi connectivity index (χ4v) is 6.12. The van der Waals surface area contributed by atoms with Crippen LogP contribution in [-0.2, 0) is 0 Å². The molecule has 5 nitrogen and oxygen atoms in total. The topological polar surface area (TPSA) is 107 Å². The smallest absolute Gasteiger partial charge is 0.170 e. The van der Waals surface area contributed by atoms with Gasteiger partial charge in [-0.25, -0.2) is 0 Å². The van der Waals surface area contributed by atoms with Crippen LogP contribution in [0.1, 0.15) is 75.0 Å². The average Bonchev–Trinajstić information content (AvgIpc) is 2.79. The first-order chi connectivity index (χ1) is 15.9. The Bertz CT molecular complexity index is 1030. The second-order valence-electron chi connectivity index (χ2n) is 10.9. The van der Waals surface area contributed by atoms with E-state index in [0.29, 0.717) is 5.92 Å². The lowest BCUT2D eigenvalue weighted by Gasteiger charge is -2.48. The quantitative estimate of drug-likeness (QED) is 0.324. The Morgan fingerprint density at radius 3 is 1.97 bits per heavy atom. The van der Waals surface area contributed by atoms with Gasteiger partial charge in [0, 0.05) is 18.5 Å². The largest absolute Gasteiger partial charge is 0.398 e. The van der Waals surface area contributed by atoms with Gasteiger partial charge in [-0.05, 0) is 97.2 Å². The summed E-state index contributed by atoms with van der Waals surface area (Å²) in [5, 5.41) is 41.3. The fraction of sp³-hybridized carbons (Fsp3) is 0.517. The Balaban J connectivity index is 1.43. The number of hydrogen-bond acceptors (Lipinski definition) is 5. The van der Waals surface area contributed by atoms with Crippen molar-refractivity contribution in [3.8, 4) is 11.1 Å². The van der Waals surface area contributed by atoms with E-state index >= 15 is 0 Å². The highest BCUT2D eigenvalue weighted by molar-refractivity contribution is 5.78. The molecule has 4 rings (SSSR count). The van der Waals surface area contributed by atoms with E-state index in [9.17, 15) is 20.4 Å². The van der Waals surface area contributed by atoms with Gasteiger partial charge in [0.25, 0.3) is 0 Å². The Hall–Kier alpha value is -2.18. The van der Waals surface area contributed by atoms with Crippen LogP contribution in [0.4, 0.5) is 5.69 Å². The molecule has 2 fully saturated rings. The van der Waals surface area contributed by atoms with E-state index in [1.165, 1.54) is 12.5 Å². The summed E-state index contributed by atoms with van der Waals surface area (Å²) >= 11 is 0. The minimum Gasteiger partial charge on any atom is -0.398 e. The van der Waals surface area contributed by atoms with Gasteiger partial charge < -0.3 is 26.2 Å². The van der Waals surface area contributed by atoms with Crippen molar-refractivity contribution in [2.75, 3.05) is 5.73 Å². The lowest BCUT2D eigenvalue weighted by atomic mass is 9.65. The molecular weight excluding hydrogens is 426 g/mol. The van der Waals surface area contributed by atoms with E-state index in [4.69, 9.17) is 5.73 Å². The number of nitrogens with two attached hydrogens (primary N) is 1. The molecule has 184 valence electrons. The SMILES string of the molecule is C=C(C)c1cc(-c2ccc(C3CCC(C4CC(O)(O)C(C)C(O)(O)C4)CC3)cc2)cc(N)c1C. The van der Waals surface area contributed by atoms with Crippen LogP contribution in [0.5, 0.6) is 0 Å². The Labute approximate surface area is 203 Å². The molecule has 0 atom stereocenters. The van der Waals surface area contributed by atoms with Gasteiger partial charge in [-0.1, -0.05) is 43.3 Å². The van der Waals surface area contributed by atoms with Crippen LogP contribution < -0.4 is 5.73 Å². The number of anilines is 1. The molecule has 0 saturated heterocycles. The van der Waals surface area contributed by atoms with Gasteiger partial charge in [-0.15, -0.1) is 0 Å². The molecule has 0 aromatic heterocycles. The first kappa shape index (κ1) is 24.9. The Morgan fingerprint density at radius 1 is 0.882 bits per heavy atom. The summed E-state index contributed by atoms with van der Waals surface area (Å²) in [7, 11) is 0. The summed E-state index contributed by atoms with van der Waals surface area (Å²) in [6.07, 6.45) is 4.34. The first-order valence-electron chi connectivity index (χ1n) is 12.4. The van der Waals surface area contributed by atoms with Crippen molar-refractivity contribution < 1.29 is 20.4 Å². The third kappa shape index (κ3) is 4.80. The third-order valence-electron chi connectivity index (χ3n) is 8.57. The zero-order valence-corrected chi connectivity index (χ0v) is 20.6. The molecule has 5 heteroatoms. The minimum atomic E-state index is -2.04. The molecule has 2 aromatic rings. The van der Waals surface area contributed by atoms with Crippen molar-refractivity contribution in [3.63, 3.8) is 0 Å². The summed E-state index contributed by atoms with van der Waals surface area (Å²) in [4.78, 5) is 0. The molecule has 2 saturated carbocycles. The molecule has 0 spiro atoms. The molecular formula is C29H39NO4. The molecule has 0 aliphatic heterocycles. The summed E-state index contributed by atoms with van der Waals surface area (Å²) in [5.41, 5.74) is 13.7. The third-order valence-corrected chi connectivity index (χ3v) is 8.57. The molecule has 0 bridgehead atoms. The van der Waals surface area contributed by atoms with Crippen molar-refractivity contribution in [1.82, 2.24) is 0 Å². The van der Waals surface area contributed by atoms with Gasteiger partial charge in [-0.3, -0.25) is 0 Å². The van der Waals surface area contributed by atoms with Gasteiger partial charge in [0.15, 0.2) is 11.6 Å². The van der Waals surface area contributed by atoms with Crippen molar-refractivity contribution in [2.45, 2.75) is 76.8 Å². The molecule has 0 heterocycles.